The van der Waals surface area contributed by atoms with Crippen LogP contribution in [-0.2, 0) is 32.1 Å². The molecule has 0 aliphatic heterocycles. The standard InChI is InChI=1S/C31H30F3N7O/c1-19-5-6-20(16-35-19)17-36-30(42)28-18-41(40-39-28)13-3-2-4-24-14-26-27(38-37-24)15-25(21-7-8-21)29(26)22-9-11-23(12-10-22)31(32,33)34/h5-6,9-12,14,16,18,21H,2-4,7-8,13,15,17H2,1H3,(H,36,42). The number of fused-ring (bicyclic) bond motifs is 1. The summed E-state index contributed by atoms with van der Waals surface area (Å²) in [6, 6.07) is 11.3. The summed E-state index contributed by atoms with van der Waals surface area (Å²) >= 11 is 0. The molecular weight excluding hydrogens is 543 g/mol. The average molecular weight is 574 g/mol. The maximum Gasteiger partial charge on any atom is 0.416 e. The van der Waals surface area contributed by atoms with Gasteiger partial charge < -0.3 is 5.32 Å². The number of amides is 1. The molecule has 0 atom stereocenters. The number of nitrogens with one attached hydrogen (secondary N) is 1. The molecule has 0 radical (unpaired) electrons. The monoisotopic (exact) mass is 573 g/mol. The lowest BCUT2D eigenvalue weighted by molar-refractivity contribution is -0.137. The molecule has 216 valence electrons. The summed E-state index contributed by atoms with van der Waals surface area (Å²) in [6.07, 6.45) is 4.23. The maximum atomic E-state index is 13.1. The number of rotatable bonds is 10. The Morgan fingerprint density at radius 3 is 2.57 bits per heavy atom. The van der Waals surface area contributed by atoms with Crippen molar-refractivity contribution in [3.63, 3.8) is 0 Å². The van der Waals surface area contributed by atoms with Gasteiger partial charge in [0.25, 0.3) is 5.91 Å². The highest BCUT2D eigenvalue weighted by Crippen LogP contribution is 2.48. The molecule has 4 aromatic rings. The van der Waals surface area contributed by atoms with Crippen LogP contribution in [0.3, 0.4) is 0 Å². The van der Waals surface area contributed by atoms with Crippen molar-refractivity contribution in [1.29, 1.82) is 0 Å². The Balaban J connectivity index is 1.05. The number of pyridine rings is 1. The minimum atomic E-state index is -4.36. The molecule has 8 nitrogen and oxygen atoms in total. The molecule has 3 heterocycles. The number of nitrogens with zero attached hydrogens (tertiary/aromatic N) is 6. The molecule has 2 aliphatic carbocycles. The molecule has 3 aromatic heterocycles. The number of hydrogen-bond acceptors (Lipinski definition) is 6. The lowest BCUT2D eigenvalue weighted by atomic mass is 9.95. The first-order valence-corrected chi connectivity index (χ1v) is 14.1. The van der Waals surface area contributed by atoms with Crippen molar-refractivity contribution in [3.05, 3.63) is 105 Å². The molecule has 1 saturated carbocycles. The van der Waals surface area contributed by atoms with Crippen LogP contribution < -0.4 is 5.32 Å². The molecular formula is C31H30F3N7O. The van der Waals surface area contributed by atoms with Gasteiger partial charge in [-0.3, -0.25) is 14.5 Å². The van der Waals surface area contributed by atoms with E-state index in [0.29, 0.717) is 31.8 Å². The van der Waals surface area contributed by atoms with Crippen LogP contribution in [0.5, 0.6) is 0 Å². The van der Waals surface area contributed by atoms with Gasteiger partial charge in [0.1, 0.15) is 0 Å². The normalized spacial score (nSPS) is 14.8. The van der Waals surface area contributed by atoms with E-state index in [1.807, 2.05) is 25.1 Å². The van der Waals surface area contributed by atoms with Crippen molar-refractivity contribution in [2.24, 2.45) is 5.92 Å². The van der Waals surface area contributed by atoms with Crippen LogP contribution in [-0.4, -0.2) is 36.1 Å². The van der Waals surface area contributed by atoms with E-state index < -0.39 is 11.7 Å². The van der Waals surface area contributed by atoms with E-state index in [0.717, 1.165) is 77.2 Å². The number of carbonyl (C=O) groups is 1. The molecule has 1 aromatic carbocycles. The summed E-state index contributed by atoms with van der Waals surface area (Å²) in [5.74, 6) is 0.173. The number of benzene rings is 1. The second kappa shape index (κ2) is 11.5. The third-order valence-corrected chi connectivity index (χ3v) is 7.71. The first-order valence-electron chi connectivity index (χ1n) is 14.1. The second-order valence-corrected chi connectivity index (χ2v) is 10.9. The van der Waals surface area contributed by atoms with Crippen LogP contribution in [0, 0.1) is 12.8 Å². The molecule has 0 saturated heterocycles. The SMILES string of the molecule is Cc1ccc(CNC(=O)c2cn(CCCCc3cc4c(nn3)CC(C3CC3)=C4c3ccc(C(F)(F)F)cc3)nn2)cn1. The number of halogens is 3. The third-order valence-electron chi connectivity index (χ3n) is 7.71. The van der Waals surface area contributed by atoms with Gasteiger partial charge >= 0.3 is 6.18 Å². The summed E-state index contributed by atoms with van der Waals surface area (Å²) in [5, 5.41) is 19.9. The van der Waals surface area contributed by atoms with Gasteiger partial charge in [-0.05, 0) is 85.9 Å². The molecule has 1 fully saturated rings. The van der Waals surface area contributed by atoms with E-state index in [9.17, 15) is 18.0 Å². The van der Waals surface area contributed by atoms with E-state index in [4.69, 9.17) is 0 Å². The highest BCUT2D eigenvalue weighted by atomic mass is 19.4. The topological polar surface area (TPSA) is 98.5 Å². The second-order valence-electron chi connectivity index (χ2n) is 10.9. The predicted octanol–water partition coefficient (Wildman–Crippen LogP) is 5.51. The van der Waals surface area contributed by atoms with Crippen LogP contribution >= 0.6 is 0 Å². The Hall–Kier alpha value is -4.41. The zero-order valence-corrected chi connectivity index (χ0v) is 23.2. The van der Waals surface area contributed by atoms with E-state index in [1.165, 1.54) is 5.57 Å². The predicted molar refractivity (Wildman–Crippen MR) is 149 cm³/mol. The Morgan fingerprint density at radius 1 is 1.05 bits per heavy atom. The quantitative estimate of drug-likeness (QED) is 0.251. The summed E-state index contributed by atoms with van der Waals surface area (Å²) < 4.78 is 41.1. The number of unbranched alkanes of at least 4 members (excludes halogenated alkanes) is 1. The summed E-state index contributed by atoms with van der Waals surface area (Å²) in [6.45, 7) is 2.87. The first-order chi connectivity index (χ1) is 20.2. The smallest absolute Gasteiger partial charge is 0.346 e. The first kappa shape index (κ1) is 27.7. The number of allylic oxidation sites excluding steroid dienone is 1. The largest absolute Gasteiger partial charge is 0.416 e. The van der Waals surface area contributed by atoms with Crippen LogP contribution in [0.15, 0.2) is 60.4 Å². The third kappa shape index (κ3) is 6.24. The van der Waals surface area contributed by atoms with Crippen LogP contribution in [0.4, 0.5) is 13.2 Å². The maximum absolute atomic E-state index is 13.1. The van der Waals surface area contributed by atoms with Crippen molar-refractivity contribution in [2.45, 2.75) is 64.7 Å². The highest BCUT2D eigenvalue weighted by Gasteiger charge is 2.35. The van der Waals surface area contributed by atoms with Gasteiger partial charge in [0.15, 0.2) is 5.69 Å². The Labute approximate surface area is 241 Å². The minimum absolute atomic E-state index is 0.258. The fourth-order valence-electron chi connectivity index (χ4n) is 5.28. The molecule has 0 bridgehead atoms. The number of alkyl halides is 3. The van der Waals surface area contributed by atoms with Crippen LogP contribution in [0.1, 0.15) is 75.5 Å². The Morgan fingerprint density at radius 2 is 1.86 bits per heavy atom. The van der Waals surface area contributed by atoms with Crippen LogP contribution in [0.2, 0.25) is 0 Å². The van der Waals surface area contributed by atoms with Crippen molar-refractivity contribution < 1.29 is 18.0 Å². The van der Waals surface area contributed by atoms with Gasteiger partial charge in [0.05, 0.1) is 23.1 Å². The Kier molecular flexibility index (Phi) is 7.57. The number of aromatic nitrogens is 6. The lowest BCUT2D eigenvalue weighted by Crippen LogP contribution is -2.23. The zero-order valence-electron chi connectivity index (χ0n) is 23.2. The molecule has 0 spiro atoms. The molecule has 11 heteroatoms. The van der Waals surface area contributed by atoms with E-state index in [2.05, 4.69) is 30.8 Å². The van der Waals surface area contributed by atoms with Gasteiger partial charge in [0.2, 0.25) is 0 Å². The van der Waals surface area contributed by atoms with Crippen molar-refractivity contribution in [2.75, 3.05) is 0 Å². The van der Waals surface area contributed by atoms with E-state index >= 15 is 0 Å². The number of carbonyl (C=O) groups excluding carboxylic acids is 1. The molecule has 0 unspecified atom stereocenters. The molecule has 6 rings (SSSR count). The van der Waals surface area contributed by atoms with Gasteiger partial charge in [0, 0.05) is 37.0 Å². The summed E-state index contributed by atoms with van der Waals surface area (Å²) in [5.41, 5.74) is 7.23. The van der Waals surface area contributed by atoms with Crippen molar-refractivity contribution >= 4 is 11.5 Å². The molecule has 1 N–H and O–H groups in total. The highest BCUT2D eigenvalue weighted by molar-refractivity contribution is 5.91. The number of aryl methyl sites for hydroxylation is 3. The van der Waals surface area contributed by atoms with Gasteiger partial charge in [-0.1, -0.05) is 29.0 Å². The fourth-order valence-corrected chi connectivity index (χ4v) is 5.28. The van der Waals surface area contributed by atoms with Gasteiger partial charge in [-0.25, -0.2) is 0 Å². The minimum Gasteiger partial charge on any atom is -0.346 e. The van der Waals surface area contributed by atoms with E-state index in [1.54, 1.807) is 29.2 Å². The molecule has 1 amide bonds. The lowest BCUT2D eigenvalue weighted by Gasteiger charge is -2.12. The fraction of sp³-hybridized carbons (Fsp3) is 0.355. The summed E-state index contributed by atoms with van der Waals surface area (Å²) in [7, 11) is 0. The average Bonchev–Trinajstić information content (AvgIpc) is 3.59. The van der Waals surface area contributed by atoms with Gasteiger partial charge in [-0.15, -0.1) is 5.10 Å². The van der Waals surface area contributed by atoms with Crippen molar-refractivity contribution in [3.8, 4) is 0 Å². The molecule has 42 heavy (non-hydrogen) atoms. The number of hydrogen-bond donors (Lipinski definition) is 1. The summed E-state index contributed by atoms with van der Waals surface area (Å²) in [4.78, 5) is 16.7. The van der Waals surface area contributed by atoms with E-state index in [-0.39, 0.29) is 11.6 Å². The Bertz CT molecular complexity index is 1620. The van der Waals surface area contributed by atoms with Crippen molar-refractivity contribution in [1.82, 2.24) is 35.5 Å². The zero-order chi connectivity index (χ0) is 29.3. The van der Waals surface area contributed by atoms with Gasteiger partial charge in [-0.2, -0.15) is 23.4 Å². The molecule has 2 aliphatic rings. The van der Waals surface area contributed by atoms with Crippen LogP contribution in [0.25, 0.3) is 5.57 Å².